The summed E-state index contributed by atoms with van der Waals surface area (Å²) < 4.78 is 43.8. The summed E-state index contributed by atoms with van der Waals surface area (Å²) in [5.41, 5.74) is 0.854. The maximum Gasteiger partial charge on any atom is 0.416 e. The van der Waals surface area contributed by atoms with Crippen LogP contribution in [0, 0.1) is 0 Å². The number of ether oxygens (including phenoxy) is 1. The molecular weight excluding hydrogens is 347 g/mol. The van der Waals surface area contributed by atoms with Crippen molar-refractivity contribution in [2.45, 2.75) is 13.1 Å². The molecule has 0 spiro atoms. The van der Waals surface area contributed by atoms with Gasteiger partial charge in [0, 0.05) is 17.1 Å². The van der Waals surface area contributed by atoms with E-state index in [1.54, 1.807) is 19.1 Å². The molecule has 1 heterocycles. The Kier molecular flexibility index (Phi) is 4.54. The molecule has 3 aromatic rings. The fraction of sp³-hybridized carbons (Fsp3) is 0.158. The summed E-state index contributed by atoms with van der Waals surface area (Å²) in [6.45, 7) is 2.19. The first-order valence-electron chi connectivity index (χ1n) is 7.77. The second-order valence-corrected chi connectivity index (χ2v) is 5.58. The number of aromatic carboxylic acids is 1. The largest absolute Gasteiger partial charge is 0.494 e. The van der Waals surface area contributed by atoms with Crippen LogP contribution in [0.3, 0.4) is 0 Å². The SMILES string of the molecule is CCOc1cc(-c2ccc(C(F)(F)F)cc2)c2ncc(C(=O)O)cc2c1. The summed E-state index contributed by atoms with van der Waals surface area (Å²) >= 11 is 0. The lowest BCUT2D eigenvalue weighted by molar-refractivity contribution is -0.137. The fourth-order valence-corrected chi connectivity index (χ4v) is 2.65. The van der Waals surface area contributed by atoms with Crippen molar-refractivity contribution in [3.8, 4) is 16.9 Å². The monoisotopic (exact) mass is 361 g/mol. The number of halogens is 3. The number of carbonyl (C=O) groups is 1. The van der Waals surface area contributed by atoms with Crippen molar-refractivity contribution >= 4 is 16.9 Å². The first kappa shape index (κ1) is 17.7. The number of benzene rings is 2. The van der Waals surface area contributed by atoms with Crippen molar-refractivity contribution in [1.29, 1.82) is 0 Å². The number of alkyl halides is 3. The summed E-state index contributed by atoms with van der Waals surface area (Å²) in [4.78, 5) is 15.4. The van der Waals surface area contributed by atoms with E-state index in [2.05, 4.69) is 4.98 Å². The molecule has 0 bridgehead atoms. The number of aromatic nitrogens is 1. The molecule has 1 aromatic heterocycles. The van der Waals surface area contributed by atoms with E-state index in [0.29, 0.717) is 34.4 Å². The second-order valence-electron chi connectivity index (χ2n) is 5.58. The van der Waals surface area contributed by atoms with Crippen LogP contribution in [0.25, 0.3) is 22.0 Å². The zero-order valence-electron chi connectivity index (χ0n) is 13.7. The molecule has 0 aliphatic rings. The van der Waals surface area contributed by atoms with E-state index >= 15 is 0 Å². The minimum absolute atomic E-state index is 0.0181. The predicted octanol–water partition coefficient (Wildman–Crippen LogP) is 5.02. The van der Waals surface area contributed by atoms with Crippen LogP contribution in [-0.4, -0.2) is 22.7 Å². The van der Waals surface area contributed by atoms with Gasteiger partial charge in [0.2, 0.25) is 0 Å². The third-order valence-electron chi connectivity index (χ3n) is 3.84. The number of pyridine rings is 1. The summed E-state index contributed by atoms with van der Waals surface area (Å²) in [5.74, 6) is -0.628. The maximum atomic E-state index is 12.8. The van der Waals surface area contributed by atoms with Gasteiger partial charge in [-0.1, -0.05) is 12.1 Å². The van der Waals surface area contributed by atoms with E-state index in [9.17, 15) is 18.0 Å². The minimum atomic E-state index is -4.41. The fourth-order valence-electron chi connectivity index (χ4n) is 2.65. The molecule has 0 unspecified atom stereocenters. The lowest BCUT2D eigenvalue weighted by atomic mass is 9.99. The number of carboxylic acid groups (broad SMARTS) is 1. The summed E-state index contributed by atoms with van der Waals surface area (Å²) in [5, 5.41) is 9.67. The third kappa shape index (κ3) is 3.46. The molecule has 3 rings (SSSR count). The van der Waals surface area contributed by atoms with Crippen LogP contribution in [0.2, 0.25) is 0 Å². The lowest BCUT2D eigenvalue weighted by Gasteiger charge is -2.12. The Balaban J connectivity index is 2.18. The number of hydrogen-bond acceptors (Lipinski definition) is 3. The molecule has 0 aliphatic carbocycles. The predicted molar refractivity (Wildman–Crippen MR) is 90.3 cm³/mol. The standard InChI is InChI=1S/C19H14F3NO3/c1-2-26-15-8-12-7-13(18(24)25)10-23-17(12)16(9-15)11-3-5-14(6-4-11)19(20,21)22/h3-10H,2H2,1H3,(H,24,25). The molecule has 2 aromatic carbocycles. The summed E-state index contributed by atoms with van der Waals surface area (Å²) in [6.07, 6.45) is -3.19. The average Bonchev–Trinajstić information content (AvgIpc) is 2.60. The first-order chi connectivity index (χ1) is 12.3. The maximum absolute atomic E-state index is 12.8. The zero-order valence-corrected chi connectivity index (χ0v) is 13.7. The molecule has 0 fully saturated rings. The van der Waals surface area contributed by atoms with Gasteiger partial charge in [0.15, 0.2) is 0 Å². The van der Waals surface area contributed by atoms with Crippen molar-refractivity contribution in [1.82, 2.24) is 4.98 Å². The van der Waals surface area contributed by atoms with Crippen molar-refractivity contribution < 1.29 is 27.8 Å². The van der Waals surface area contributed by atoms with Gasteiger partial charge < -0.3 is 9.84 Å². The second kappa shape index (κ2) is 6.67. The molecule has 26 heavy (non-hydrogen) atoms. The topological polar surface area (TPSA) is 59.4 Å². The molecule has 134 valence electrons. The smallest absolute Gasteiger partial charge is 0.416 e. The molecule has 4 nitrogen and oxygen atoms in total. The number of hydrogen-bond donors (Lipinski definition) is 1. The van der Waals surface area contributed by atoms with Crippen LogP contribution in [-0.2, 0) is 6.18 Å². The van der Waals surface area contributed by atoms with Crippen LogP contribution in [0.4, 0.5) is 13.2 Å². The third-order valence-corrected chi connectivity index (χ3v) is 3.84. The van der Waals surface area contributed by atoms with Gasteiger partial charge in [-0.15, -0.1) is 0 Å². The highest BCUT2D eigenvalue weighted by Gasteiger charge is 2.30. The number of rotatable bonds is 4. The highest BCUT2D eigenvalue weighted by Crippen LogP contribution is 2.35. The van der Waals surface area contributed by atoms with E-state index in [1.807, 2.05) is 0 Å². The number of nitrogens with zero attached hydrogens (tertiary/aromatic N) is 1. The highest BCUT2D eigenvalue weighted by molar-refractivity contribution is 5.99. The van der Waals surface area contributed by atoms with Crippen LogP contribution in [0.15, 0.2) is 48.7 Å². The van der Waals surface area contributed by atoms with Gasteiger partial charge in [-0.05, 0) is 42.8 Å². The van der Waals surface area contributed by atoms with Crippen LogP contribution < -0.4 is 4.74 Å². The molecule has 0 saturated heterocycles. The van der Waals surface area contributed by atoms with Gasteiger partial charge in [0.05, 0.1) is 23.3 Å². The summed E-state index contributed by atoms with van der Waals surface area (Å²) in [6, 6.07) is 9.52. The molecule has 0 radical (unpaired) electrons. The van der Waals surface area contributed by atoms with Gasteiger partial charge >= 0.3 is 12.1 Å². The Morgan fingerprint density at radius 2 is 1.85 bits per heavy atom. The van der Waals surface area contributed by atoms with Crippen LogP contribution in [0.5, 0.6) is 5.75 Å². The van der Waals surface area contributed by atoms with E-state index in [0.717, 1.165) is 12.1 Å². The molecule has 0 atom stereocenters. The molecule has 0 amide bonds. The van der Waals surface area contributed by atoms with E-state index < -0.39 is 17.7 Å². The zero-order chi connectivity index (χ0) is 18.9. The average molecular weight is 361 g/mol. The van der Waals surface area contributed by atoms with Crippen molar-refractivity contribution in [3.63, 3.8) is 0 Å². The molecule has 0 aliphatic heterocycles. The Morgan fingerprint density at radius 3 is 2.42 bits per heavy atom. The Hall–Kier alpha value is -3.09. The number of fused-ring (bicyclic) bond motifs is 1. The van der Waals surface area contributed by atoms with Crippen molar-refractivity contribution in [2.75, 3.05) is 6.61 Å². The molecule has 0 saturated carbocycles. The highest BCUT2D eigenvalue weighted by atomic mass is 19.4. The van der Waals surface area contributed by atoms with Gasteiger partial charge in [0.25, 0.3) is 0 Å². The van der Waals surface area contributed by atoms with Crippen molar-refractivity contribution in [2.24, 2.45) is 0 Å². The lowest BCUT2D eigenvalue weighted by Crippen LogP contribution is -2.04. The van der Waals surface area contributed by atoms with E-state index in [4.69, 9.17) is 9.84 Å². The minimum Gasteiger partial charge on any atom is -0.494 e. The quantitative estimate of drug-likeness (QED) is 0.709. The summed E-state index contributed by atoms with van der Waals surface area (Å²) in [7, 11) is 0. The first-order valence-corrected chi connectivity index (χ1v) is 7.77. The molecule has 7 heteroatoms. The normalized spacial score (nSPS) is 11.5. The van der Waals surface area contributed by atoms with Gasteiger partial charge in [-0.2, -0.15) is 13.2 Å². The van der Waals surface area contributed by atoms with Crippen LogP contribution in [0.1, 0.15) is 22.8 Å². The van der Waals surface area contributed by atoms with Crippen LogP contribution >= 0.6 is 0 Å². The number of carboxylic acids is 1. The van der Waals surface area contributed by atoms with E-state index in [1.165, 1.54) is 24.4 Å². The van der Waals surface area contributed by atoms with Gasteiger partial charge in [0.1, 0.15) is 5.75 Å². The van der Waals surface area contributed by atoms with Gasteiger partial charge in [-0.25, -0.2) is 4.79 Å². The van der Waals surface area contributed by atoms with E-state index in [-0.39, 0.29) is 5.56 Å². The van der Waals surface area contributed by atoms with Gasteiger partial charge in [-0.3, -0.25) is 4.98 Å². The Labute approximate surface area is 146 Å². The Morgan fingerprint density at radius 1 is 1.15 bits per heavy atom. The van der Waals surface area contributed by atoms with Crippen molar-refractivity contribution in [3.05, 3.63) is 59.8 Å². The molecular formula is C19H14F3NO3. The molecule has 1 N–H and O–H groups in total. The Bertz CT molecular complexity index is 966.